The first kappa shape index (κ1) is 19.5. The average molecular weight is 407 g/mol. The van der Waals surface area contributed by atoms with Gasteiger partial charge in [-0.05, 0) is 18.4 Å². The fourth-order valence-electron chi connectivity index (χ4n) is 4.73. The van der Waals surface area contributed by atoms with E-state index < -0.39 is 10.0 Å². The van der Waals surface area contributed by atoms with E-state index in [1.54, 1.807) is 0 Å². The van der Waals surface area contributed by atoms with E-state index in [0.29, 0.717) is 32.8 Å². The lowest BCUT2D eigenvalue weighted by atomic mass is 9.81. The van der Waals surface area contributed by atoms with Gasteiger partial charge in [-0.25, -0.2) is 13.3 Å². The molecule has 1 aliphatic carbocycles. The molecule has 1 aromatic carbocycles. The van der Waals surface area contributed by atoms with Gasteiger partial charge in [0.05, 0.1) is 43.8 Å². The van der Waals surface area contributed by atoms with Gasteiger partial charge in [-0.1, -0.05) is 43.2 Å². The third-order valence-corrected chi connectivity index (χ3v) is 8.18. The van der Waals surface area contributed by atoms with Crippen molar-refractivity contribution in [3.05, 3.63) is 35.9 Å². The molecule has 1 N–H and O–H groups in total. The van der Waals surface area contributed by atoms with Gasteiger partial charge in [0.1, 0.15) is 0 Å². The molecular weight excluding hydrogens is 378 g/mol. The quantitative estimate of drug-likeness (QED) is 0.690. The third kappa shape index (κ3) is 3.86. The number of likely N-dealkylation sites (tertiary alicyclic amines) is 1. The second-order valence-electron chi connectivity index (χ2n) is 8.15. The normalized spacial score (nSPS) is 27.2. The van der Waals surface area contributed by atoms with Crippen LogP contribution in [0.25, 0.3) is 0 Å². The molecule has 0 bridgehead atoms. The Balaban J connectivity index is 1.33. The number of quaternary nitrogens is 1. The van der Waals surface area contributed by atoms with Crippen LogP contribution in [0.3, 0.4) is 0 Å². The Bertz CT molecular complexity index is 810. The van der Waals surface area contributed by atoms with Crippen LogP contribution in [-0.2, 0) is 25.4 Å². The van der Waals surface area contributed by atoms with E-state index in [9.17, 15) is 18.0 Å². The number of hydrogen-bond donors (Lipinski definition) is 1. The average Bonchev–Trinajstić information content (AvgIpc) is 2.94. The van der Waals surface area contributed by atoms with Crippen LogP contribution < -0.4 is 4.90 Å². The van der Waals surface area contributed by atoms with Crippen molar-refractivity contribution in [1.82, 2.24) is 9.21 Å². The van der Waals surface area contributed by atoms with Crippen LogP contribution in [-0.4, -0.2) is 62.3 Å². The third-order valence-electron chi connectivity index (χ3n) is 6.33. The number of piperazine rings is 1. The zero-order valence-electron chi connectivity index (χ0n) is 16.0. The summed E-state index contributed by atoms with van der Waals surface area (Å²) < 4.78 is 26.9. The Kier molecular flexibility index (Phi) is 5.53. The molecule has 3 aliphatic rings. The van der Waals surface area contributed by atoms with Crippen molar-refractivity contribution in [3.8, 4) is 0 Å². The largest absolute Gasteiger partial charge is 0.315 e. The molecule has 2 heterocycles. The van der Waals surface area contributed by atoms with Gasteiger partial charge < -0.3 is 4.90 Å². The second-order valence-corrected chi connectivity index (χ2v) is 10.1. The van der Waals surface area contributed by atoms with E-state index >= 15 is 0 Å². The molecule has 0 radical (unpaired) electrons. The van der Waals surface area contributed by atoms with Gasteiger partial charge in [-0.3, -0.25) is 9.59 Å². The topological polar surface area (TPSA) is 79.2 Å². The number of carbonyl (C=O) groups is 2. The highest BCUT2D eigenvalue weighted by Gasteiger charge is 2.49. The van der Waals surface area contributed by atoms with E-state index in [1.807, 2.05) is 30.3 Å². The first-order chi connectivity index (χ1) is 13.5. The van der Waals surface area contributed by atoms with Crippen LogP contribution in [0, 0.1) is 11.8 Å². The summed E-state index contributed by atoms with van der Waals surface area (Å²) in [6.45, 7) is 2.44. The molecule has 0 spiro atoms. The van der Waals surface area contributed by atoms with Crippen LogP contribution in [0.4, 0.5) is 0 Å². The van der Waals surface area contributed by atoms with E-state index in [1.165, 1.54) is 9.21 Å². The van der Waals surface area contributed by atoms with Crippen molar-refractivity contribution < 1.29 is 22.9 Å². The van der Waals surface area contributed by atoms with E-state index in [4.69, 9.17) is 0 Å². The Hall–Kier alpha value is -1.77. The van der Waals surface area contributed by atoms with Crippen molar-refractivity contribution in [2.45, 2.75) is 31.4 Å². The number of nitrogens with one attached hydrogen (secondary N) is 1. The number of sulfonamides is 1. The number of fused-ring (bicyclic) bond motifs is 1. The van der Waals surface area contributed by atoms with Crippen molar-refractivity contribution in [1.29, 1.82) is 0 Å². The number of carbonyl (C=O) groups excluding carboxylic acids is 2. The first-order valence-corrected chi connectivity index (χ1v) is 11.8. The van der Waals surface area contributed by atoms with Gasteiger partial charge in [-0.15, -0.1) is 0 Å². The molecule has 4 rings (SSSR count). The van der Waals surface area contributed by atoms with Crippen LogP contribution in [0.15, 0.2) is 30.3 Å². The molecule has 2 atom stereocenters. The Morgan fingerprint density at radius 2 is 1.50 bits per heavy atom. The van der Waals surface area contributed by atoms with Crippen LogP contribution in [0.1, 0.15) is 31.2 Å². The maximum atomic E-state index is 12.7. The fourth-order valence-corrected chi connectivity index (χ4v) is 6.26. The zero-order valence-corrected chi connectivity index (χ0v) is 16.9. The second kappa shape index (κ2) is 7.93. The molecule has 3 fully saturated rings. The maximum absolute atomic E-state index is 12.7. The summed E-state index contributed by atoms with van der Waals surface area (Å²) in [6.07, 6.45) is 3.71. The lowest BCUT2D eigenvalue weighted by Crippen LogP contribution is -3.16. The van der Waals surface area contributed by atoms with Crippen LogP contribution >= 0.6 is 0 Å². The molecule has 2 amide bonds. The van der Waals surface area contributed by atoms with Crippen molar-refractivity contribution >= 4 is 21.8 Å². The summed E-state index contributed by atoms with van der Waals surface area (Å²) >= 11 is 0. The molecule has 2 saturated heterocycles. The molecule has 7 nitrogen and oxygen atoms in total. The van der Waals surface area contributed by atoms with Crippen molar-refractivity contribution in [2.75, 3.05) is 32.8 Å². The highest BCUT2D eigenvalue weighted by molar-refractivity contribution is 7.88. The smallest absolute Gasteiger partial charge is 0.237 e. The number of benzene rings is 1. The Morgan fingerprint density at radius 1 is 0.929 bits per heavy atom. The van der Waals surface area contributed by atoms with Gasteiger partial charge in [0.2, 0.25) is 21.8 Å². The van der Waals surface area contributed by atoms with Gasteiger partial charge in [0.25, 0.3) is 0 Å². The molecule has 28 heavy (non-hydrogen) atoms. The minimum atomic E-state index is -3.35. The van der Waals surface area contributed by atoms with Crippen LogP contribution in [0.2, 0.25) is 0 Å². The molecule has 0 unspecified atom stereocenters. The molecule has 8 heteroatoms. The summed E-state index contributed by atoms with van der Waals surface area (Å²) in [5.74, 6) is -0.251. The van der Waals surface area contributed by atoms with E-state index in [-0.39, 0.29) is 29.4 Å². The zero-order chi connectivity index (χ0) is 19.7. The van der Waals surface area contributed by atoms with E-state index in [0.717, 1.165) is 36.1 Å². The Labute approximate surface area is 166 Å². The van der Waals surface area contributed by atoms with Gasteiger partial charge in [0, 0.05) is 0 Å². The minimum absolute atomic E-state index is 0.00955. The van der Waals surface area contributed by atoms with Crippen molar-refractivity contribution in [2.24, 2.45) is 11.8 Å². The predicted molar refractivity (Wildman–Crippen MR) is 104 cm³/mol. The van der Waals surface area contributed by atoms with E-state index in [2.05, 4.69) is 0 Å². The number of amides is 2. The molecule has 2 aliphatic heterocycles. The standard InChI is InChI=1S/C20H27N3O4S/c24-19-17-8-4-5-9-18(17)20(25)23(19)15-21-10-12-22(13-11-21)28(26,27)14-16-6-2-1-3-7-16/h1-3,6-7,17-18H,4-5,8-15H2/p+1/t17-,18-/m0/s1. The molecule has 1 saturated carbocycles. The molecule has 1 aromatic rings. The fraction of sp³-hybridized carbons (Fsp3) is 0.600. The minimum Gasteiger partial charge on any atom is -0.315 e. The molecule has 0 aromatic heterocycles. The maximum Gasteiger partial charge on any atom is 0.237 e. The number of nitrogens with zero attached hydrogens (tertiary/aromatic N) is 2. The van der Waals surface area contributed by atoms with Gasteiger partial charge in [0.15, 0.2) is 6.67 Å². The summed E-state index contributed by atoms with van der Waals surface area (Å²) in [4.78, 5) is 27.8. The van der Waals surface area contributed by atoms with Gasteiger partial charge >= 0.3 is 0 Å². The lowest BCUT2D eigenvalue weighted by Gasteiger charge is -2.33. The number of imide groups is 1. The summed E-state index contributed by atoms with van der Waals surface area (Å²) in [5.41, 5.74) is 0.785. The SMILES string of the molecule is O=C1[C@H]2CCCC[C@@H]2C(=O)N1C[NH+]1CCN(S(=O)(=O)Cc2ccccc2)CC1. The lowest BCUT2D eigenvalue weighted by molar-refractivity contribution is -0.910. The summed E-state index contributed by atoms with van der Waals surface area (Å²) in [6, 6.07) is 9.20. The highest BCUT2D eigenvalue weighted by Crippen LogP contribution is 2.37. The van der Waals surface area contributed by atoms with Crippen LogP contribution in [0.5, 0.6) is 0 Å². The predicted octanol–water partition coefficient (Wildman–Crippen LogP) is -0.150. The van der Waals surface area contributed by atoms with Gasteiger partial charge in [-0.2, -0.15) is 4.31 Å². The number of hydrogen-bond acceptors (Lipinski definition) is 4. The monoisotopic (exact) mass is 406 g/mol. The Morgan fingerprint density at radius 3 is 2.07 bits per heavy atom. The highest BCUT2D eigenvalue weighted by atomic mass is 32.2. The molecule has 152 valence electrons. The molecular formula is C20H28N3O4S+. The summed E-state index contributed by atoms with van der Waals surface area (Å²) in [7, 11) is -3.35. The van der Waals surface area contributed by atoms with Crippen molar-refractivity contribution in [3.63, 3.8) is 0 Å². The first-order valence-electron chi connectivity index (χ1n) is 10.2. The summed E-state index contributed by atoms with van der Waals surface area (Å²) in [5, 5.41) is 0. The number of rotatable bonds is 5.